The Morgan fingerprint density at radius 1 is 1.47 bits per heavy atom. The van der Waals surface area contributed by atoms with Crippen molar-refractivity contribution in [3.63, 3.8) is 0 Å². The number of hydrogen-bond donors (Lipinski definition) is 4. The summed E-state index contributed by atoms with van der Waals surface area (Å²) in [5.74, 6) is -0.132. The number of anilines is 1. The first-order valence-electron chi connectivity index (χ1n) is 5.01. The average molecular weight is 243 g/mol. The zero-order chi connectivity index (χ0) is 12.6. The highest BCUT2D eigenvalue weighted by molar-refractivity contribution is 5.17. The van der Waals surface area contributed by atoms with Crippen LogP contribution >= 0.6 is 0 Å². The molecule has 2 heterocycles. The third-order valence-corrected chi connectivity index (χ3v) is 2.66. The molecule has 1 aliphatic heterocycles. The van der Waals surface area contributed by atoms with Crippen molar-refractivity contribution >= 4 is 5.95 Å². The number of nitrogen functional groups attached to an aromatic ring is 1. The first kappa shape index (κ1) is 12.0. The molecule has 0 amide bonds. The van der Waals surface area contributed by atoms with Crippen LogP contribution in [0, 0.1) is 0 Å². The van der Waals surface area contributed by atoms with Gasteiger partial charge in [0.05, 0.1) is 6.61 Å². The van der Waals surface area contributed by atoms with Crippen LogP contribution in [0.4, 0.5) is 5.95 Å². The molecule has 8 nitrogen and oxygen atoms in total. The highest BCUT2D eigenvalue weighted by Gasteiger charge is 2.43. The number of aromatic nitrogens is 2. The summed E-state index contributed by atoms with van der Waals surface area (Å²) in [5, 5.41) is 28.2. The molecule has 0 spiro atoms. The van der Waals surface area contributed by atoms with E-state index in [-0.39, 0.29) is 5.95 Å². The Balaban J connectivity index is 2.32. The van der Waals surface area contributed by atoms with Crippen molar-refractivity contribution in [1.29, 1.82) is 0 Å². The van der Waals surface area contributed by atoms with Crippen molar-refractivity contribution in [2.75, 3.05) is 12.3 Å². The van der Waals surface area contributed by atoms with Gasteiger partial charge in [-0.2, -0.15) is 4.98 Å². The Kier molecular flexibility index (Phi) is 3.11. The molecular formula is C9H13N3O5. The lowest BCUT2D eigenvalue weighted by atomic mass is 10.1. The van der Waals surface area contributed by atoms with E-state index >= 15 is 0 Å². The largest absolute Gasteiger partial charge is 0.394 e. The van der Waals surface area contributed by atoms with Gasteiger partial charge in [-0.3, -0.25) is 9.36 Å². The maximum atomic E-state index is 10.9. The van der Waals surface area contributed by atoms with Crippen LogP contribution < -0.4 is 11.3 Å². The van der Waals surface area contributed by atoms with E-state index in [4.69, 9.17) is 15.6 Å². The molecule has 0 aromatic carbocycles. The molecule has 1 fully saturated rings. The minimum absolute atomic E-state index is 0.132. The lowest BCUT2D eigenvalue weighted by Gasteiger charge is -2.19. The van der Waals surface area contributed by atoms with E-state index < -0.39 is 36.7 Å². The summed E-state index contributed by atoms with van der Waals surface area (Å²) < 4.78 is 6.46. The van der Waals surface area contributed by atoms with Crippen molar-refractivity contribution < 1.29 is 20.1 Å². The van der Waals surface area contributed by atoms with E-state index in [1.807, 2.05) is 0 Å². The van der Waals surface area contributed by atoms with E-state index in [1.165, 1.54) is 10.8 Å². The molecule has 17 heavy (non-hydrogen) atoms. The maximum absolute atomic E-state index is 10.9. The van der Waals surface area contributed by atoms with Crippen molar-refractivity contribution in [2.24, 2.45) is 0 Å². The van der Waals surface area contributed by atoms with Gasteiger partial charge in [-0.05, 0) is 0 Å². The maximum Gasteiger partial charge on any atom is 0.274 e. The second-order valence-corrected chi connectivity index (χ2v) is 3.76. The van der Waals surface area contributed by atoms with Crippen LogP contribution in [0.2, 0.25) is 0 Å². The van der Waals surface area contributed by atoms with Gasteiger partial charge in [0.25, 0.3) is 5.56 Å². The SMILES string of the molecule is Nc1nc(=O)ccn1C1OC(CO)C(O)C1O. The van der Waals surface area contributed by atoms with Crippen LogP contribution in [0.5, 0.6) is 0 Å². The van der Waals surface area contributed by atoms with Crippen LogP contribution in [-0.4, -0.2) is 49.8 Å². The van der Waals surface area contributed by atoms with Gasteiger partial charge in [-0.15, -0.1) is 0 Å². The number of hydrogen-bond acceptors (Lipinski definition) is 7. The van der Waals surface area contributed by atoms with Crippen LogP contribution in [0.3, 0.4) is 0 Å². The quantitative estimate of drug-likeness (QED) is 0.449. The molecule has 4 atom stereocenters. The summed E-state index contributed by atoms with van der Waals surface area (Å²) in [4.78, 5) is 14.4. The monoisotopic (exact) mass is 243 g/mol. The highest BCUT2D eigenvalue weighted by atomic mass is 16.6. The first-order valence-corrected chi connectivity index (χ1v) is 5.01. The number of nitrogens with two attached hydrogens (primary N) is 1. The third kappa shape index (κ3) is 2.03. The van der Waals surface area contributed by atoms with Gasteiger partial charge in [-0.25, -0.2) is 0 Å². The highest BCUT2D eigenvalue weighted by Crippen LogP contribution is 2.29. The van der Waals surface area contributed by atoms with Crippen LogP contribution in [0.15, 0.2) is 17.1 Å². The minimum Gasteiger partial charge on any atom is -0.394 e. The molecule has 0 bridgehead atoms. The fraction of sp³-hybridized carbons (Fsp3) is 0.556. The molecular weight excluding hydrogens is 230 g/mol. The summed E-state index contributed by atoms with van der Waals surface area (Å²) in [7, 11) is 0. The number of nitrogens with zero attached hydrogens (tertiary/aromatic N) is 2. The Hall–Kier alpha value is -1.48. The van der Waals surface area contributed by atoms with Crippen molar-refractivity contribution in [3.8, 4) is 0 Å². The Morgan fingerprint density at radius 3 is 2.71 bits per heavy atom. The molecule has 1 aromatic rings. The predicted molar refractivity (Wildman–Crippen MR) is 55.9 cm³/mol. The summed E-state index contributed by atoms with van der Waals surface area (Å²) in [6.45, 7) is -0.428. The lowest BCUT2D eigenvalue weighted by molar-refractivity contribution is -0.0523. The number of rotatable bonds is 2. The molecule has 94 valence electrons. The molecule has 0 saturated carbocycles. The van der Waals surface area contributed by atoms with Gasteiger partial charge in [0.1, 0.15) is 18.3 Å². The molecule has 5 N–H and O–H groups in total. The molecule has 1 aromatic heterocycles. The van der Waals surface area contributed by atoms with Crippen LogP contribution in [0.25, 0.3) is 0 Å². The van der Waals surface area contributed by atoms with Crippen LogP contribution in [0.1, 0.15) is 6.23 Å². The Bertz CT molecular complexity index is 462. The average Bonchev–Trinajstić information content (AvgIpc) is 2.57. The predicted octanol–water partition coefficient (Wildman–Crippen LogP) is -2.56. The zero-order valence-electron chi connectivity index (χ0n) is 8.80. The molecule has 8 heteroatoms. The Labute approximate surface area is 95.9 Å². The topological polar surface area (TPSA) is 131 Å². The van der Waals surface area contributed by atoms with E-state index in [0.717, 1.165) is 6.07 Å². The molecule has 1 aliphatic rings. The van der Waals surface area contributed by atoms with E-state index in [9.17, 15) is 15.0 Å². The summed E-state index contributed by atoms with van der Waals surface area (Å²) >= 11 is 0. The van der Waals surface area contributed by atoms with Crippen LogP contribution in [-0.2, 0) is 4.74 Å². The van der Waals surface area contributed by atoms with E-state index in [1.54, 1.807) is 0 Å². The second kappa shape index (κ2) is 4.41. The number of aliphatic hydroxyl groups is 3. The number of aliphatic hydroxyl groups excluding tert-OH is 3. The third-order valence-electron chi connectivity index (χ3n) is 2.66. The van der Waals surface area contributed by atoms with E-state index in [2.05, 4.69) is 4.98 Å². The van der Waals surface area contributed by atoms with Gasteiger partial charge in [0.15, 0.2) is 6.23 Å². The fourth-order valence-corrected chi connectivity index (χ4v) is 1.75. The van der Waals surface area contributed by atoms with Crippen molar-refractivity contribution in [3.05, 3.63) is 22.6 Å². The molecule has 4 unspecified atom stereocenters. The zero-order valence-corrected chi connectivity index (χ0v) is 8.80. The molecule has 2 rings (SSSR count). The smallest absolute Gasteiger partial charge is 0.274 e. The van der Waals surface area contributed by atoms with Gasteiger partial charge >= 0.3 is 0 Å². The van der Waals surface area contributed by atoms with Crippen molar-refractivity contribution in [1.82, 2.24) is 9.55 Å². The van der Waals surface area contributed by atoms with Gasteiger partial charge in [0.2, 0.25) is 5.95 Å². The summed E-state index contributed by atoms with van der Waals surface area (Å²) in [6.07, 6.45) is -3.03. The second-order valence-electron chi connectivity index (χ2n) is 3.76. The molecule has 0 radical (unpaired) electrons. The normalized spacial score (nSPS) is 32.9. The number of ether oxygens (including phenoxy) is 1. The van der Waals surface area contributed by atoms with E-state index in [0.29, 0.717) is 0 Å². The minimum atomic E-state index is -1.25. The first-order chi connectivity index (χ1) is 8.04. The fourth-order valence-electron chi connectivity index (χ4n) is 1.75. The Morgan fingerprint density at radius 2 is 2.18 bits per heavy atom. The van der Waals surface area contributed by atoms with Gasteiger partial charge in [-0.1, -0.05) is 0 Å². The lowest BCUT2D eigenvalue weighted by Crippen LogP contribution is -2.33. The molecule has 1 saturated heterocycles. The summed E-state index contributed by atoms with van der Waals surface area (Å²) in [5.41, 5.74) is 5.00. The van der Waals surface area contributed by atoms with Gasteiger partial charge in [0, 0.05) is 12.3 Å². The molecule has 0 aliphatic carbocycles. The van der Waals surface area contributed by atoms with Crippen molar-refractivity contribution in [2.45, 2.75) is 24.5 Å². The summed E-state index contributed by atoms with van der Waals surface area (Å²) in [6, 6.07) is 1.16. The van der Waals surface area contributed by atoms with Gasteiger partial charge < -0.3 is 25.8 Å². The standard InChI is InChI=1S/C9H13N3O5/c10-9-11-5(14)1-2-12(9)8-7(16)6(15)4(3-13)17-8/h1-2,4,6-8,13,15-16H,3H2,(H2,10,11,14).